The first-order valence-electron chi connectivity index (χ1n) is 29.5. The first-order chi connectivity index (χ1) is 35.4. The highest BCUT2D eigenvalue weighted by atomic mass is 32.1. The van der Waals surface area contributed by atoms with Crippen LogP contribution in [0.25, 0.3) is 20.2 Å². The Kier molecular flexibility index (Phi) is 11.6. The molecule has 13 rings (SSSR count). The van der Waals surface area contributed by atoms with E-state index in [9.17, 15) is 0 Å². The van der Waals surface area contributed by atoms with Gasteiger partial charge in [0.1, 0.15) is 6.17 Å². The fourth-order valence-electron chi connectivity index (χ4n) is 16.3. The second-order valence-corrected chi connectivity index (χ2v) is 33.8. The van der Waals surface area contributed by atoms with Crippen LogP contribution in [0.3, 0.4) is 0 Å². The van der Waals surface area contributed by atoms with Crippen LogP contribution in [-0.4, -0.2) is 29.5 Å². The zero-order chi connectivity index (χ0) is 51.4. The van der Waals surface area contributed by atoms with Gasteiger partial charge < -0.3 is 14.7 Å². The van der Waals surface area contributed by atoms with Gasteiger partial charge in [-0.3, -0.25) is 0 Å². The monoisotopic (exact) mass is 1020 g/mol. The molecule has 1 fully saturated rings. The normalized spacial score (nSPS) is 28.7. The number of anilines is 1. The summed E-state index contributed by atoms with van der Waals surface area (Å²) in [6.45, 7) is 30.3. The van der Waals surface area contributed by atoms with E-state index in [2.05, 4.69) is 194 Å². The SMILES string of the molecule is CC(C)c1cc(C2C=CC=CC2)cc(C(C)C)c1N1C2=C(CCCC2)N2C(C3=CC4(C)N5C=C([Si](C)(C)C)C(CC(C)(C)C)=CC5C5=C(CCC=C5)C34C)c3cc4sc5ccc(C6CCCCC6)cc5c4cc3C12. The second kappa shape index (κ2) is 17.5. The summed E-state index contributed by atoms with van der Waals surface area (Å²) in [6.07, 6.45) is 38.9. The first kappa shape index (κ1) is 49.0. The maximum Gasteiger partial charge on any atom is 0.133 e. The number of thiophene rings is 1. The van der Waals surface area contributed by atoms with E-state index in [1.165, 1.54) is 87.5 Å². The van der Waals surface area contributed by atoms with Gasteiger partial charge >= 0.3 is 0 Å². The molecule has 74 heavy (non-hydrogen) atoms. The number of fused-ring (bicyclic) bond motifs is 12. The lowest BCUT2D eigenvalue weighted by atomic mass is 9.47. The molecule has 9 aliphatic rings. The molecule has 1 saturated carbocycles. The number of rotatable bonds is 8. The molecule has 0 N–H and O–H groups in total. The van der Waals surface area contributed by atoms with E-state index in [4.69, 9.17) is 0 Å². The smallest absolute Gasteiger partial charge is 0.133 e. The number of benzene rings is 3. The van der Waals surface area contributed by atoms with Gasteiger partial charge in [0.25, 0.3) is 0 Å². The molecule has 4 aliphatic heterocycles. The summed E-state index contributed by atoms with van der Waals surface area (Å²) < 4.78 is 2.91. The van der Waals surface area contributed by atoms with Gasteiger partial charge in [0.2, 0.25) is 0 Å². The summed E-state index contributed by atoms with van der Waals surface area (Å²) in [7, 11) is -1.71. The molecule has 6 atom stereocenters. The van der Waals surface area contributed by atoms with Crippen LogP contribution in [0.5, 0.6) is 0 Å². The van der Waals surface area contributed by atoms with E-state index in [1.54, 1.807) is 55.6 Å². The van der Waals surface area contributed by atoms with Gasteiger partial charge in [-0.1, -0.05) is 160 Å². The highest BCUT2D eigenvalue weighted by Gasteiger charge is 2.67. The van der Waals surface area contributed by atoms with Crippen molar-refractivity contribution in [2.24, 2.45) is 10.8 Å². The summed E-state index contributed by atoms with van der Waals surface area (Å²) in [5, 5.41) is 4.61. The van der Waals surface area contributed by atoms with E-state index in [-0.39, 0.29) is 34.6 Å². The van der Waals surface area contributed by atoms with Gasteiger partial charge in [0, 0.05) is 54.7 Å². The van der Waals surface area contributed by atoms with E-state index in [1.807, 2.05) is 11.3 Å². The van der Waals surface area contributed by atoms with Crippen LogP contribution >= 0.6 is 11.3 Å². The van der Waals surface area contributed by atoms with Gasteiger partial charge in [0.15, 0.2) is 0 Å². The van der Waals surface area contributed by atoms with Crippen LogP contribution in [0.4, 0.5) is 5.69 Å². The van der Waals surface area contributed by atoms with Crippen LogP contribution < -0.4 is 4.90 Å². The lowest BCUT2D eigenvalue weighted by Crippen LogP contribution is -2.68. The Morgan fingerprint density at radius 3 is 2.19 bits per heavy atom. The Balaban J connectivity index is 1.04. The lowest BCUT2D eigenvalue weighted by molar-refractivity contribution is 0.0326. The molecule has 5 heteroatoms. The van der Waals surface area contributed by atoms with Crippen molar-refractivity contribution in [1.29, 1.82) is 0 Å². The van der Waals surface area contributed by atoms with Crippen molar-refractivity contribution in [3.8, 4) is 0 Å². The number of hydrogen-bond donors (Lipinski definition) is 0. The molecule has 3 aromatic carbocycles. The van der Waals surface area contributed by atoms with Gasteiger partial charge in [-0.05, 0) is 175 Å². The first-order valence-corrected chi connectivity index (χ1v) is 33.8. The molecule has 0 bridgehead atoms. The Morgan fingerprint density at radius 2 is 1.50 bits per heavy atom. The average Bonchev–Trinajstić information content (AvgIpc) is 4.11. The number of hydrogen-bond acceptors (Lipinski definition) is 4. The molecule has 3 nitrogen and oxygen atoms in total. The van der Waals surface area contributed by atoms with E-state index < -0.39 is 8.07 Å². The molecule has 386 valence electrons. The van der Waals surface area contributed by atoms with Gasteiger partial charge in [-0.15, -0.1) is 11.3 Å². The zero-order valence-electron chi connectivity index (χ0n) is 47.2. The van der Waals surface area contributed by atoms with Gasteiger partial charge in [0.05, 0.1) is 31.4 Å². The van der Waals surface area contributed by atoms with Crippen molar-refractivity contribution in [3.05, 3.63) is 170 Å². The quantitative estimate of drug-likeness (QED) is 0.129. The molecular formula is C69H85N3SSi. The molecule has 5 heterocycles. The van der Waals surface area contributed by atoms with E-state index >= 15 is 0 Å². The minimum absolute atomic E-state index is 0.0981. The maximum absolute atomic E-state index is 3.07. The van der Waals surface area contributed by atoms with Crippen molar-refractivity contribution in [2.45, 2.75) is 213 Å². The Labute approximate surface area is 450 Å². The molecule has 0 saturated heterocycles. The average molecular weight is 1020 g/mol. The minimum Gasteiger partial charge on any atom is -0.357 e. The second-order valence-electron chi connectivity index (χ2n) is 27.7. The highest BCUT2D eigenvalue weighted by Crippen LogP contribution is 2.71. The van der Waals surface area contributed by atoms with Crippen molar-refractivity contribution < 1.29 is 0 Å². The van der Waals surface area contributed by atoms with E-state index in [0.29, 0.717) is 23.7 Å². The van der Waals surface area contributed by atoms with Crippen LogP contribution in [0.15, 0.2) is 136 Å². The molecule has 4 aromatic rings. The Bertz CT molecular complexity index is 3240. The zero-order valence-corrected chi connectivity index (χ0v) is 49.0. The van der Waals surface area contributed by atoms with Crippen molar-refractivity contribution in [3.63, 3.8) is 0 Å². The Hall–Kier alpha value is -4.58. The molecule has 6 unspecified atom stereocenters. The Morgan fingerprint density at radius 1 is 0.770 bits per heavy atom. The van der Waals surface area contributed by atoms with Gasteiger partial charge in [-0.25, -0.2) is 0 Å². The molecular weight excluding hydrogens is 931 g/mol. The summed E-state index contributed by atoms with van der Waals surface area (Å²) in [6, 6.07) is 18.8. The van der Waals surface area contributed by atoms with Crippen molar-refractivity contribution in [1.82, 2.24) is 9.80 Å². The topological polar surface area (TPSA) is 9.72 Å². The van der Waals surface area contributed by atoms with Crippen LogP contribution in [0.1, 0.15) is 215 Å². The number of nitrogens with zero attached hydrogens (tertiary/aromatic N) is 3. The van der Waals surface area contributed by atoms with Crippen molar-refractivity contribution in [2.75, 3.05) is 4.90 Å². The molecule has 5 aliphatic carbocycles. The molecule has 0 amide bonds. The maximum atomic E-state index is 3.07. The van der Waals surface area contributed by atoms with Crippen LogP contribution in [-0.2, 0) is 0 Å². The van der Waals surface area contributed by atoms with Crippen LogP contribution in [0.2, 0.25) is 19.6 Å². The van der Waals surface area contributed by atoms with Crippen molar-refractivity contribution >= 4 is 45.3 Å². The summed E-state index contributed by atoms with van der Waals surface area (Å²) in [5.74, 6) is 1.87. The highest BCUT2D eigenvalue weighted by molar-refractivity contribution is 7.25. The third-order valence-electron chi connectivity index (χ3n) is 20.0. The largest absolute Gasteiger partial charge is 0.357 e. The lowest BCUT2D eigenvalue weighted by Gasteiger charge is -2.68. The predicted molar refractivity (Wildman–Crippen MR) is 320 cm³/mol. The fourth-order valence-corrected chi connectivity index (χ4v) is 19.0. The molecule has 0 spiro atoms. The molecule has 0 radical (unpaired) electrons. The number of allylic oxidation sites excluding steroid dienone is 9. The van der Waals surface area contributed by atoms with Crippen LogP contribution in [0, 0.1) is 10.8 Å². The summed E-state index contributed by atoms with van der Waals surface area (Å²) in [4.78, 5) is 8.95. The van der Waals surface area contributed by atoms with Gasteiger partial charge in [-0.2, -0.15) is 0 Å². The standard InChI is InChI=1S/C69H85N3SSi/c1-42(2)50-34-47(45-25-17-14-18-26-45)35-51(43(3)4)64(50)71-58-29-21-22-30-59(58)72-65(54-38-62-53(37-55(54)66(71)72)52-33-46(31-32-61(52)73-62)44-23-15-13-16-24-44)57-40-68(8)69(57,9)56-28-20-19-27-49(56)60-36-48(39-67(5,6)7)63(41-70(60)68)74(10,11)12/h14,17-19,25,27,31-38,40-45,60,65-66H,13,15-16,20-24,26,28-30,39H2,1-12H3. The molecule has 1 aromatic heterocycles. The fraction of sp³-hybridized carbons (Fsp3) is 0.507. The third kappa shape index (κ3) is 7.33. The third-order valence-corrected chi connectivity index (χ3v) is 23.2. The summed E-state index contributed by atoms with van der Waals surface area (Å²) >= 11 is 2.05. The van der Waals surface area contributed by atoms with E-state index in [0.717, 1.165) is 38.5 Å². The minimum atomic E-state index is -1.71. The summed E-state index contributed by atoms with van der Waals surface area (Å²) in [5.41, 5.74) is 20.4. The predicted octanol–water partition coefficient (Wildman–Crippen LogP) is 19.8.